The molecule has 0 spiro atoms. The largest absolute Gasteiger partial charge is 0.444 e. The predicted molar refractivity (Wildman–Crippen MR) is 142 cm³/mol. The summed E-state index contributed by atoms with van der Waals surface area (Å²) in [6.45, 7) is 18.4. The number of aromatic nitrogens is 1. The second-order valence-corrected chi connectivity index (χ2v) is 9.68. The van der Waals surface area contributed by atoms with Gasteiger partial charge in [-0.1, -0.05) is 0 Å². The molecule has 188 valence electrons. The van der Waals surface area contributed by atoms with E-state index in [1.807, 2.05) is 13.8 Å². The van der Waals surface area contributed by atoms with Crippen molar-refractivity contribution >= 4 is 29.9 Å². The summed E-state index contributed by atoms with van der Waals surface area (Å²) >= 11 is 0. The number of nitrogens with zero attached hydrogens (tertiary/aromatic N) is 5. The molecule has 3 saturated heterocycles. The highest BCUT2D eigenvalue weighted by atomic mass is 127. The molecule has 0 aromatic carbocycles. The number of likely N-dealkylation sites (tertiary alicyclic amines) is 2. The Labute approximate surface area is 216 Å². The zero-order chi connectivity index (χ0) is 22.3. The summed E-state index contributed by atoms with van der Waals surface area (Å²) in [5.41, 5.74) is 1.01. The average molecular weight is 575 g/mol. The van der Waals surface area contributed by atoms with Crippen LogP contribution in [0.25, 0.3) is 0 Å². The Balaban J connectivity index is 0.00000306. The van der Waals surface area contributed by atoms with E-state index in [0.29, 0.717) is 5.92 Å². The number of nitrogens with one attached hydrogen (secondary N) is 1. The number of piperidine rings is 1. The topological polar surface area (TPSA) is 69.4 Å². The molecule has 0 bridgehead atoms. The fraction of sp³-hybridized carbons (Fsp3) is 0.833. The number of aliphatic imine (C=N–C) groups is 1. The maximum Gasteiger partial charge on any atom is 0.208 e. The minimum atomic E-state index is 0. The van der Waals surface area contributed by atoms with Crippen molar-refractivity contribution in [3.63, 3.8) is 0 Å². The number of guanidine groups is 1. The van der Waals surface area contributed by atoms with Crippen LogP contribution in [0.2, 0.25) is 0 Å². The van der Waals surface area contributed by atoms with Gasteiger partial charge in [0, 0.05) is 45.8 Å². The molecule has 1 N–H and O–H groups in total. The Kier molecular flexibility index (Phi) is 10.7. The molecule has 1 aromatic heterocycles. The van der Waals surface area contributed by atoms with E-state index in [4.69, 9.17) is 14.1 Å². The molecular weight excluding hydrogens is 531 g/mol. The lowest BCUT2D eigenvalue weighted by atomic mass is 9.97. The van der Waals surface area contributed by atoms with Gasteiger partial charge in [-0.2, -0.15) is 0 Å². The van der Waals surface area contributed by atoms with Crippen molar-refractivity contribution in [2.75, 3.05) is 72.1 Å². The fourth-order valence-corrected chi connectivity index (χ4v) is 5.09. The Morgan fingerprint density at radius 3 is 2.42 bits per heavy atom. The van der Waals surface area contributed by atoms with Crippen molar-refractivity contribution in [2.45, 2.75) is 46.6 Å². The Hall–Kier alpha value is -0.910. The normalized spacial score (nSPS) is 23.7. The molecule has 4 rings (SSSR count). The van der Waals surface area contributed by atoms with Crippen LogP contribution in [0.1, 0.15) is 43.5 Å². The van der Waals surface area contributed by atoms with Gasteiger partial charge in [-0.05, 0) is 65.0 Å². The van der Waals surface area contributed by atoms with Crippen LogP contribution >= 0.6 is 24.0 Å². The molecule has 33 heavy (non-hydrogen) atoms. The van der Waals surface area contributed by atoms with E-state index in [-0.39, 0.29) is 24.0 Å². The van der Waals surface area contributed by atoms with Crippen LogP contribution in [0.15, 0.2) is 9.41 Å². The van der Waals surface area contributed by atoms with Crippen molar-refractivity contribution in [3.05, 3.63) is 17.3 Å². The second-order valence-electron chi connectivity index (χ2n) is 9.68. The minimum absolute atomic E-state index is 0. The Bertz CT molecular complexity index is 724. The van der Waals surface area contributed by atoms with Crippen LogP contribution < -0.4 is 5.32 Å². The first-order valence-corrected chi connectivity index (χ1v) is 12.6. The quantitative estimate of drug-likeness (QED) is 0.305. The van der Waals surface area contributed by atoms with Gasteiger partial charge in [0.2, 0.25) is 5.89 Å². The van der Waals surface area contributed by atoms with Crippen LogP contribution in [-0.2, 0) is 11.3 Å². The van der Waals surface area contributed by atoms with Crippen LogP contribution in [0, 0.1) is 25.7 Å². The van der Waals surface area contributed by atoms with Crippen molar-refractivity contribution in [1.29, 1.82) is 0 Å². The summed E-state index contributed by atoms with van der Waals surface area (Å²) in [5, 5.41) is 3.55. The monoisotopic (exact) mass is 574 g/mol. The molecule has 1 atom stereocenters. The van der Waals surface area contributed by atoms with Crippen molar-refractivity contribution in [3.8, 4) is 0 Å². The lowest BCUT2D eigenvalue weighted by Gasteiger charge is -2.31. The standard InChI is InChI=1S/C24H42N6O2.HI/c1-4-25-24(30-10-7-22(17-30)16-29-11-13-31-14-12-29)26-15-21-5-8-28(9-6-21)18-23-27-19(2)20(3)32-23;/h21-22H,4-18H2,1-3H3,(H,25,26);1H. The highest BCUT2D eigenvalue weighted by Gasteiger charge is 2.27. The van der Waals surface area contributed by atoms with Gasteiger partial charge in [0.05, 0.1) is 25.5 Å². The first-order valence-electron chi connectivity index (χ1n) is 12.6. The zero-order valence-electron chi connectivity index (χ0n) is 20.7. The molecule has 3 fully saturated rings. The Morgan fingerprint density at radius 2 is 1.76 bits per heavy atom. The molecule has 8 nitrogen and oxygen atoms in total. The first-order chi connectivity index (χ1) is 15.6. The van der Waals surface area contributed by atoms with Crippen LogP contribution in [-0.4, -0.2) is 97.8 Å². The molecule has 0 saturated carbocycles. The summed E-state index contributed by atoms with van der Waals surface area (Å²) in [4.78, 5) is 17.1. The van der Waals surface area contributed by atoms with Crippen molar-refractivity contribution < 1.29 is 9.15 Å². The maximum atomic E-state index is 5.77. The van der Waals surface area contributed by atoms with E-state index in [2.05, 4.69) is 31.9 Å². The summed E-state index contributed by atoms with van der Waals surface area (Å²) in [7, 11) is 0. The molecule has 0 amide bonds. The SMILES string of the molecule is CCNC(=NCC1CCN(Cc2nc(C)c(C)o2)CC1)N1CCC(CN2CCOCC2)C1.I. The molecule has 0 aliphatic carbocycles. The molecule has 3 aliphatic heterocycles. The van der Waals surface area contributed by atoms with Crippen molar-refractivity contribution in [1.82, 2.24) is 25.0 Å². The number of hydrogen-bond donors (Lipinski definition) is 1. The molecule has 1 aromatic rings. The highest BCUT2D eigenvalue weighted by Crippen LogP contribution is 2.22. The van der Waals surface area contributed by atoms with Gasteiger partial charge in [0.1, 0.15) is 5.76 Å². The van der Waals surface area contributed by atoms with Crippen LogP contribution in [0.3, 0.4) is 0 Å². The third kappa shape index (κ3) is 7.80. The summed E-state index contributed by atoms with van der Waals surface area (Å²) in [6.07, 6.45) is 3.66. The van der Waals surface area contributed by atoms with Gasteiger partial charge in [-0.15, -0.1) is 24.0 Å². The minimum Gasteiger partial charge on any atom is -0.444 e. The van der Waals surface area contributed by atoms with E-state index >= 15 is 0 Å². The first kappa shape index (κ1) is 26.7. The fourth-order valence-electron chi connectivity index (χ4n) is 5.09. The average Bonchev–Trinajstić information content (AvgIpc) is 3.38. The second kappa shape index (κ2) is 13.3. The smallest absolute Gasteiger partial charge is 0.208 e. The number of morpholine rings is 1. The predicted octanol–water partition coefficient (Wildman–Crippen LogP) is 2.74. The van der Waals surface area contributed by atoms with Gasteiger partial charge in [0.15, 0.2) is 5.96 Å². The third-order valence-electron chi connectivity index (χ3n) is 7.18. The maximum absolute atomic E-state index is 5.77. The number of ether oxygens (including phenoxy) is 1. The molecule has 0 radical (unpaired) electrons. The summed E-state index contributed by atoms with van der Waals surface area (Å²) in [6, 6.07) is 0. The van der Waals surface area contributed by atoms with Crippen LogP contribution in [0.5, 0.6) is 0 Å². The van der Waals surface area contributed by atoms with Gasteiger partial charge in [-0.25, -0.2) is 4.98 Å². The van der Waals surface area contributed by atoms with Gasteiger partial charge < -0.3 is 19.4 Å². The van der Waals surface area contributed by atoms with Gasteiger partial charge >= 0.3 is 0 Å². The molecular formula is C24H43IN6O2. The van der Waals surface area contributed by atoms with E-state index in [9.17, 15) is 0 Å². The lowest BCUT2D eigenvalue weighted by Crippen LogP contribution is -2.42. The number of hydrogen-bond acceptors (Lipinski definition) is 6. The van der Waals surface area contributed by atoms with E-state index in [0.717, 1.165) is 101 Å². The third-order valence-corrected chi connectivity index (χ3v) is 7.18. The molecule has 1 unspecified atom stereocenters. The van der Waals surface area contributed by atoms with Gasteiger partial charge in [-0.3, -0.25) is 14.8 Å². The Morgan fingerprint density at radius 1 is 1.03 bits per heavy atom. The van der Waals surface area contributed by atoms with E-state index in [1.54, 1.807) is 0 Å². The molecule has 4 heterocycles. The molecule has 3 aliphatic rings. The number of rotatable bonds is 7. The number of oxazole rings is 1. The van der Waals surface area contributed by atoms with E-state index < -0.39 is 0 Å². The lowest BCUT2D eigenvalue weighted by molar-refractivity contribution is 0.0315. The summed E-state index contributed by atoms with van der Waals surface area (Å²) in [5.74, 6) is 4.31. The highest BCUT2D eigenvalue weighted by molar-refractivity contribution is 14.0. The van der Waals surface area contributed by atoms with Crippen LogP contribution in [0.4, 0.5) is 0 Å². The van der Waals surface area contributed by atoms with E-state index in [1.165, 1.54) is 25.8 Å². The number of aryl methyl sites for hydroxylation is 2. The zero-order valence-corrected chi connectivity index (χ0v) is 23.1. The molecule has 9 heteroatoms. The van der Waals surface area contributed by atoms with Crippen molar-refractivity contribution in [2.24, 2.45) is 16.8 Å². The summed E-state index contributed by atoms with van der Waals surface area (Å²) < 4.78 is 11.3. The number of halogens is 1. The van der Waals surface area contributed by atoms with Gasteiger partial charge in [0.25, 0.3) is 0 Å².